The lowest BCUT2D eigenvalue weighted by Crippen LogP contribution is -2.87. The fourth-order valence-electron chi connectivity index (χ4n) is 1.59. The maximum atomic E-state index is 10.9. The number of quaternary nitrogens is 1. The molecule has 3 nitrogen and oxygen atoms in total. The van der Waals surface area contributed by atoms with Gasteiger partial charge in [0.25, 0.3) is 0 Å². The largest absolute Gasteiger partial charge is 0.356 e. The van der Waals surface area contributed by atoms with Crippen molar-refractivity contribution in [1.82, 2.24) is 5.32 Å². The minimum Gasteiger partial charge on any atom is -0.356 e. The van der Waals surface area contributed by atoms with E-state index in [2.05, 4.69) is 10.6 Å². The smallest absolute Gasteiger partial charge is 0.219 e. The number of hydrogen-bond donors (Lipinski definition) is 2. The van der Waals surface area contributed by atoms with Gasteiger partial charge in [-0.25, -0.2) is 0 Å². The molecule has 0 aliphatic carbocycles. The van der Waals surface area contributed by atoms with Crippen LogP contribution in [0.15, 0.2) is 0 Å². The van der Waals surface area contributed by atoms with Crippen LogP contribution in [0.4, 0.5) is 0 Å². The molecule has 1 aliphatic rings. The molecule has 0 saturated carbocycles. The number of nitrogens with one attached hydrogen (secondary N) is 1. The molecule has 70 valence electrons. The third kappa shape index (κ3) is 3.22. The summed E-state index contributed by atoms with van der Waals surface area (Å²) in [6, 6.07) is 0. The van der Waals surface area contributed by atoms with Gasteiger partial charge >= 0.3 is 0 Å². The Bertz CT molecular complexity index is 141. The molecule has 0 spiro atoms. The summed E-state index contributed by atoms with van der Waals surface area (Å²) in [6.45, 7) is 5.22. The highest BCUT2D eigenvalue weighted by Crippen LogP contribution is 2.04. The molecule has 1 aliphatic heterocycles. The average molecular weight is 171 g/mol. The Kier molecular flexibility index (Phi) is 4.08. The molecular weight excluding hydrogens is 152 g/mol. The molecule has 1 fully saturated rings. The maximum absolute atomic E-state index is 10.9. The average Bonchev–Trinajstić information content (AvgIpc) is 2.16. The van der Waals surface area contributed by atoms with Gasteiger partial charge in [-0.2, -0.15) is 0 Å². The molecule has 1 amide bonds. The summed E-state index contributed by atoms with van der Waals surface area (Å²) in [5, 5.41) is 5.28. The summed E-state index contributed by atoms with van der Waals surface area (Å²) in [7, 11) is 0. The number of rotatable bonds is 3. The minimum absolute atomic E-state index is 0.181. The van der Waals surface area contributed by atoms with Crippen molar-refractivity contribution in [3.8, 4) is 0 Å². The van der Waals surface area contributed by atoms with E-state index in [-0.39, 0.29) is 5.91 Å². The van der Waals surface area contributed by atoms with Crippen molar-refractivity contribution in [2.75, 3.05) is 19.6 Å². The van der Waals surface area contributed by atoms with Gasteiger partial charge in [0, 0.05) is 18.9 Å². The molecule has 0 radical (unpaired) electrons. The second kappa shape index (κ2) is 5.14. The molecule has 1 heterocycles. The van der Waals surface area contributed by atoms with E-state index in [1.54, 1.807) is 0 Å². The second-order valence-electron chi connectivity index (χ2n) is 3.48. The number of piperidine rings is 1. The summed E-state index contributed by atoms with van der Waals surface area (Å²) < 4.78 is 0. The molecular formula is C9H19N2O+. The van der Waals surface area contributed by atoms with Gasteiger partial charge in [0.15, 0.2) is 0 Å². The van der Waals surface area contributed by atoms with E-state index in [1.807, 2.05) is 6.92 Å². The molecule has 3 heteroatoms. The highest BCUT2D eigenvalue weighted by atomic mass is 16.1. The second-order valence-corrected chi connectivity index (χ2v) is 3.48. The molecule has 0 aromatic heterocycles. The quantitative estimate of drug-likeness (QED) is 0.590. The van der Waals surface area contributed by atoms with E-state index in [1.165, 1.54) is 25.9 Å². The Hall–Kier alpha value is -0.570. The molecule has 0 bridgehead atoms. The van der Waals surface area contributed by atoms with Crippen molar-refractivity contribution < 1.29 is 10.1 Å². The topological polar surface area (TPSA) is 45.7 Å². The molecule has 1 saturated heterocycles. The van der Waals surface area contributed by atoms with E-state index >= 15 is 0 Å². The molecule has 3 N–H and O–H groups in total. The number of nitrogens with two attached hydrogens (primary N) is 1. The Morgan fingerprint density at radius 3 is 3.08 bits per heavy atom. The number of hydrogen-bond acceptors (Lipinski definition) is 1. The monoisotopic (exact) mass is 171 g/mol. The summed E-state index contributed by atoms with van der Waals surface area (Å²) >= 11 is 0. The first kappa shape index (κ1) is 9.52. The van der Waals surface area contributed by atoms with Crippen molar-refractivity contribution >= 4 is 5.91 Å². The van der Waals surface area contributed by atoms with Crippen LogP contribution in [0, 0.1) is 5.92 Å². The van der Waals surface area contributed by atoms with Crippen LogP contribution in [0.1, 0.15) is 26.2 Å². The number of amides is 1. The van der Waals surface area contributed by atoms with Gasteiger partial charge in [-0.05, 0) is 12.8 Å². The fourth-order valence-corrected chi connectivity index (χ4v) is 1.59. The molecule has 0 unspecified atom stereocenters. The zero-order chi connectivity index (χ0) is 8.81. The maximum Gasteiger partial charge on any atom is 0.219 e. The van der Waals surface area contributed by atoms with Crippen LogP contribution in [-0.4, -0.2) is 25.5 Å². The van der Waals surface area contributed by atoms with Gasteiger partial charge in [-0.3, -0.25) is 4.79 Å². The van der Waals surface area contributed by atoms with Gasteiger partial charge in [-0.15, -0.1) is 0 Å². The Morgan fingerprint density at radius 1 is 1.67 bits per heavy atom. The molecule has 12 heavy (non-hydrogen) atoms. The fraction of sp³-hybridized carbons (Fsp3) is 0.889. The summed E-state index contributed by atoms with van der Waals surface area (Å²) in [4.78, 5) is 10.9. The molecule has 0 aromatic carbocycles. The Labute approximate surface area is 73.9 Å². The lowest BCUT2D eigenvalue weighted by Gasteiger charge is -2.19. The van der Waals surface area contributed by atoms with Gasteiger partial charge in [-0.1, -0.05) is 6.92 Å². The Morgan fingerprint density at radius 2 is 2.50 bits per heavy atom. The van der Waals surface area contributed by atoms with Crippen molar-refractivity contribution in [2.24, 2.45) is 5.92 Å². The summed E-state index contributed by atoms with van der Waals surface area (Å²) in [6.07, 6.45) is 3.18. The predicted molar refractivity (Wildman–Crippen MR) is 47.7 cm³/mol. The van der Waals surface area contributed by atoms with E-state index < -0.39 is 0 Å². The van der Waals surface area contributed by atoms with Gasteiger partial charge in [0.1, 0.15) is 0 Å². The van der Waals surface area contributed by atoms with Crippen LogP contribution in [0.5, 0.6) is 0 Å². The standard InChI is InChI=1S/C9H18N2O/c1-2-9(12)11-7-8-4-3-5-10-6-8/h8,10H,2-7H2,1H3,(H,11,12)/p+1/t8-/m0/s1. The van der Waals surface area contributed by atoms with Crippen molar-refractivity contribution in [1.29, 1.82) is 0 Å². The van der Waals surface area contributed by atoms with Crippen molar-refractivity contribution in [3.05, 3.63) is 0 Å². The van der Waals surface area contributed by atoms with E-state index in [4.69, 9.17) is 0 Å². The van der Waals surface area contributed by atoms with Gasteiger partial charge < -0.3 is 10.6 Å². The van der Waals surface area contributed by atoms with E-state index in [0.29, 0.717) is 12.3 Å². The van der Waals surface area contributed by atoms with Gasteiger partial charge in [0.2, 0.25) is 5.91 Å². The predicted octanol–water partition coefficient (Wildman–Crippen LogP) is -0.514. The highest BCUT2D eigenvalue weighted by Gasteiger charge is 2.15. The molecule has 1 atom stereocenters. The number of carbonyl (C=O) groups is 1. The first-order valence-corrected chi connectivity index (χ1v) is 4.91. The first-order valence-electron chi connectivity index (χ1n) is 4.91. The number of carbonyl (C=O) groups excluding carboxylic acids is 1. The third-order valence-corrected chi connectivity index (χ3v) is 2.43. The minimum atomic E-state index is 0.181. The highest BCUT2D eigenvalue weighted by molar-refractivity contribution is 5.75. The molecule has 1 rings (SSSR count). The molecule has 0 aromatic rings. The lowest BCUT2D eigenvalue weighted by molar-refractivity contribution is -0.668. The third-order valence-electron chi connectivity index (χ3n) is 2.43. The van der Waals surface area contributed by atoms with Crippen molar-refractivity contribution in [3.63, 3.8) is 0 Å². The van der Waals surface area contributed by atoms with E-state index in [0.717, 1.165) is 6.54 Å². The van der Waals surface area contributed by atoms with Crippen LogP contribution < -0.4 is 10.6 Å². The SMILES string of the molecule is CCC(=O)NC[C@H]1CCC[NH2+]C1. The Balaban J connectivity index is 2.09. The van der Waals surface area contributed by atoms with Crippen molar-refractivity contribution in [2.45, 2.75) is 26.2 Å². The normalized spacial score (nSPS) is 23.6. The van der Waals surface area contributed by atoms with Crippen LogP contribution in [0.25, 0.3) is 0 Å². The van der Waals surface area contributed by atoms with Crippen LogP contribution in [0.3, 0.4) is 0 Å². The first-order chi connectivity index (χ1) is 5.83. The van der Waals surface area contributed by atoms with E-state index in [9.17, 15) is 4.79 Å². The van der Waals surface area contributed by atoms with Crippen LogP contribution in [0.2, 0.25) is 0 Å². The lowest BCUT2D eigenvalue weighted by atomic mass is 10.00. The summed E-state index contributed by atoms with van der Waals surface area (Å²) in [5.74, 6) is 0.884. The van der Waals surface area contributed by atoms with Crippen LogP contribution in [-0.2, 0) is 4.79 Å². The zero-order valence-electron chi connectivity index (χ0n) is 7.81. The zero-order valence-corrected chi connectivity index (χ0v) is 7.81. The summed E-state index contributed by atoms with van der Waals surface area (Å²) in [5.41, 5.74) is 0. The van der Waals surface area contributed by atoms with Crippen LogP contribution >= 0.6 is 0 Å². The van der Waals surface area contributed by atoms with Gasteiger partial charge in [0.05, 0.1) is 13.1 Å².